The molecule has 1 aliphatic heterocycles. The normalized spacial score (nSPS) is 20.9. The van der Waals surface area contributed by atoms with Crippen LogP contribution in [0.3, 0.4) is 0 Å². The summed E-state index contributed by atoms with van der Waals surface area (Å²) in [6.07, 6.45) is 4.30. The Kier molecular flexibility index (Phi) is 4.84. The third-order valence-electron chi connectivity index (χ3n) is 4.52. The summed E-state index contributed by atoms with van der Waals surface area (Å²) in [6.45, 7) is 1.48. The highest BCUT2D eigenvalue weighted by molar-refractivity contribution is 5.81. The Labute approximate surface area is 137 Å². The first-order chi connectivity index (χ1) is 11.2. The minimum atomic E-state index is 0.00368. The number of nitrogens with one attached hydrogen (secondary N) is 1. The number of methoxy groups -OCH3 is 1. The summed E-state index contributed by atoms with van der Waals surface area (Å²) in [6, 6.07) is 7.63. The first-order valence-electron chi connectivity index (χ1n) is 8.37. The van der Waals surface area contributed by atoms with Crippen molar-refractivity contribution in [1.82, 2.24) is 10.2 Å². The molecule has 0 spiro atoms. The number of likely N-dealkylation sites (tertiary alicyclic amines) is 1. The predicted octanol–water partition coefficient (Wildman–Crippen LogP) is 1.75. The van der Waals surface area contributed by atoms with Gasteiger partial charge in [0.05, 0.1) is 13.5 Å². The third kappa shape index (κ3) is 4.24. The summed E-state index contributed by atoms with van der Waals surface area (Å²) in [5.41, 5.74) is 0.934. The minimum Gasteiger partial charge on any atom is -0.497 e. The molecule has 0 aromatic heterocycles. The van der Waals surface area contributed by atoms with Gasteiger partial charge in [-0.2, -0.15) is 0 Å². The highest BCUT2D eigenvalue weighted by Gasteiger charge is 2.35. The van der Waals surface area contributed by atoms with Crippen LogP contribution in [0.5, 0.6) is 5.75 Å². The van der Waals surface area contributed by atoms with Crippen LogP contribution >= 0.6 is 0 Å². The van der Waals surface area contributed by atoms with E-state index in [0.29, 0.717) is 13.0 Å². The second kappa shape index (κ2) is 7.02. The summed E-state index contributed by atoms with van der Waals surface area (Å²) < 4.78 is 5.18. The second-order valence-electron chi connectivity index (χ2n) is 6.49. The van der Waals surface area contributed by atoms with E-state index >= 15 is 0 Å². The van der Waals surface area contributed by atoms with E-state index in [1.54, 1.807) is 7.11 Å². The molecule has 124 valence electrons. The monoisotopic (exact) mass is 316 g/mol. The van der Waals surface area contributed by atoms with Gasteiger partial charge in [0, 0.05) is 25.0 Å². The lowest BCUT2D eigenvalue weighted by molar-refractivity contribution is -0.134. The largest absolute Gasteiger partial charge is 0.497 e. The lowest BCUT2D eigenvalue weighted by atomic mass is 10.0. The molecule has 1 aromatic carbocycles. The number of rotatable bonds is 5. The van der Waals surface area contributed by atoms with Gasteiger partial charge in [-0.3, -0.25) is 9.59 Å². The molecular formula is C18H24N2O3. The smallest absolute Gasteiger partial charge is 0.225 e. The molecule has 5 nitrogen and oxygen atoms in total. The third-order valence-corrected chi connectivity index (χ3v) is 4.52. The van der Waals surface area contributed by atoms with Gasteiger partial charge in [0.25, 0.3) is 0 Å². The molecule has 0 radical (unpaired) electrons. The Morgan fingerprint density at radius 2 is 2.13 bits per heavy atom. The maximum atomic E-state index is 12.2. The zero-order valence-electron chi connectivity index (χ0n) is 13.6. The summed E-state index contributed by atoms with van der Waals surface area (Å²) in [7, 11) is 1.62. The van der Waals surface area contributed by atoms with E-state index in [-0.39, 0.29) is 23.8 Å². The number of piperidine rings is 1. The molecule has 2 amide bonds. The fraction of sp³-hybridized carbons (Fsp3) is 0.556. The fourth-order valence-corrected chi connectivity index (χ4v) is 3.13. The molecular weight excluding hydrogens is 292 g/mol. The average molecular weight is 316 g/mol. The number of carbonyl (C=O) groups excluding carboxylic acids is 2. The van der Waals surface area contributed by atoms with E-state index in [4.69, 9.17) is 4.74 Å². The number of benzene rings is 1. The number of carbonyl (C=O) groups is 2. The molecule has 1 atom stereocenters. The molecule has 2 fully saturated rings. The summed E-state index contributed by atoms with van der Waals surface area (Å²) in [4.78, 5) is 26.3. The van der Waals surface area contributed by atoms with Gasteiger partial charge in [-0.1, -0.05) is 12.1 Å². The standard InChI is InChI=1S/C18H24N2O3/c1-23-16-6-2-4-13(10-16)11-17(21)19-15-5-3-9-20(12-15)18(22)14-7-8-14/h2,4,6,10,14-15H,3,5,7-9,11-12H2,1H3,(H,19,21)/t15-/m1/s1. The molecule has 3 rings (SSSR count). The van der Waals surface area contributed by atoms with Gasteiger partial charge in [-0.25, -0.2) is 0 Å². The molecule has 1 N–H and O–H groups in total. The SMILES string of the molecule is COc1cccc(CC(=O)N[C@@H]2CCCN(C(=O)C3CC3)C2)c1. The Hall–Kier alpha value is -2.04. The maximum Gasteiger partial charge on any atom is 0.225 e. The van der Waals surface area contributed by atoms with E-state index < -0.39 is 0 Å². The molecule has 0 bridgehead atoms. The van der Waals surface area contributed by atoms with Crippen LogP contribution in [-0.4, -0.2) is 43.0 Å². The zero-order chi connectivity index (χ0) is 16.2. The van der Waals surface area contributed by atoms with Crippen molar-refractivity contribution in [3.8, 4) is 5.75 Å². The first kappa shape index (κ1) is 15.8. The van der Waals surface area contributed by atoms with E-state index in [2.05, 4.69) is 5.32 Å². The molecule has 23 heavy (non-hydrogen) atoms. The average Bonchev–Trinajstić information content (AvgIpc) is 3.39. The van der Waals surface area contributed by atoms with Gasteiger partial charge in [-0.15, -0.1) is 0 Å². The highest BCUT2D eigenvalue weighted by Crippen LogP contribution is 2.31. The van der Waals surface area contributed by atoms with Gasteiger partial charge in [0.2, 0.25) is 11.8 Å². The molecule has 1 aromatic rings. The van der Waals surface area contributed by atoms with Crippen molar-refractivity contribution in [2.45, 2.75) is 38.1 Å². The zero-order valence-corrected chi connectivity index (χ0v) is 13.6. The molecule has 2 aliphatic rings. The quantitative estimate of drug-likeness (QED) is 0.900. The second-order valence-corrected chi connectivity index (χ2v) is 6.49. The van der Waals surface area contributed by atoms with Crippen LogP contribution in [0, 0.1) is 5.92 Å². The first-order valence-corrected chi connectivity index (χ1v) is 8.37. The number of hydrogen-bond acceptors (Lipinski definition) is 3. The van der Waals surface area contributed by atoms with E-state index in [1.165, 1.54) is 0 Å². The van der Waals surface area contributed by atoms with Gasteiger partial charge < -0.3 is 15.0 Å². The topological polar surface area (TPSA) is 58.6 Å². The van der Waals surface area contributed by atoms with Crippen molar-refractivity contribution >= 4 is 11.8 Å². The Morgan fingerprint density at radius 3 is 2.87 bits per heavy atom. The van der Waals surface area contributed by atoms with Crippen molar-refractivity contribution in [3.63, 3.8) is 0 Å². The summed E-state index contributed by atoms with van der Waals surface area (Å²) in [5.74, 6) is 1.29. The van der Waals surface area contributed by atoms with Crippen LogP contribution in [0.2, 0.25) is 0 Å². The predicted molar refractivity (Wildman–Crippen MR) is 87.2 cm³/mol. The fourth-order valence-electron chi connectivity index (χ4n) is 3.13. The molecule has 5 heteroatoms. The van der Waals surface area contributed by atoms with Gasteiger partial charge in [0.15, 0.2) is 0 Å². The van der Waals surface area contributed by atoms with E-state index in [9.17, 15) is 9.59 Å². The highest BCUT2D eigenvalue weighted by atomic mass is 16.5. The van der Waals surface area contributed by atoms with Crippen LogP contribution in [0.1, 0.15) is 31.2 Å². The molecule has 1 saturated carbocycles. The molecule has 0 unspecified atom stereocenters. The van der Waals surface area contributed by atoms with E-state index in [0.717, 1.165) is 43.5 Å². The van der Waals surface area contributed by atoms with Crippen LogP contribution in [0.25, 0.3) is 0 Å². The van der Waals surface area contributed by atoms with Gasteiger partial charge >= 0.3 is 0 Å². The summed E-state index contributed by atoms with van der Waals surface area (Å²) in [5, 5.41) is 3.08. The molecule has 1 saturated heterocycles. The van der Waals surface area contributed by atoms with Gasteiger partial charge in [0.1, 0.15) is 5.75 Å². The van der Waals surface area contributed by atoms with Crippen LogP contribution in [0.15, 0.2) is 24.3 Å². The maximum absolute atomic E-state index is 12.2. The molecule has 1 aliphatic carbocycles. The van der Waals surface area contributed by atoms with Crippen molar-refractivity contribution in [2.24, 2.45) is 5.92 Å². The Bertz CT molecular complexity index is 583. The van der Waals surface area contributed by atoms with Crippen LogP contribution in [-0.2, 0) is 16.0 Å². The number of hydrogen-bond donors (Lipinski definition) is 1. The number of nitrogens with zero attached hydrogens (tertiary/aromatic N) is 1. The Morgan fingerprint density at radius 1 is 1.30 bits per heavy atom. The molecule has 1 heterocycles. The van der Waals surface area contributed by atoms with Crippen molar-refractivity contribution in [2.75, 3.05) is 20.2 Å². The lowest BCUT2D eigenvalue weighted by Crippen LogP contribution is -2.50. The van der Waals surface area contributed by atoms with Crippen LogP contribution in [0.4, 0.5) is 0 Å². The van der Waals surface area contributed by atoms with Crippen LogP contribution < -0.4 is 10.1 Å². The van der Waals surface area contributed by atoms with Crippen molar-refractivity contribution in [1.29, 1.82) is 0 Å². The Balaban J connectivity index is 1.51. The lowest BCUT2D eigenvalue weighted by Gasteiger charge is -2.33. The summed E-state index contributed by atoms with van der Waals surface area (Å²) >= 11 is 0. The van der Waals surface area contributed by atoms with E-state index in [1.807, 2.05) is 29.2 Å². The van der Waals surface area contributed by atoms with Crippen molar-refractivity contribution in [3.05, 3.63) is 29.8 Å². The van der Waals surface area contributed by atoms with Crippen molar-refractivity contribution < 1.29 is 14.3 Å². The number of amides is 2. The minimum absolute atomic E-state index is 0.00368. The van der Waals surface area contributed by atoms with Gasteiger partial charge in [-0.05, 0) is 43.4 Å². The number of ether oxygens (including phenoxy) is 1.